The van der Waals surface area contributed by atoms with E-state index in [1.54, 1.807) is 0 Å². The van der Waals surface area contributed by atoms with Crippen molar-refractivity contribution in [3.8, 4) is 0 Å². The molecule has 0 radical (unpaired) electrons. The highest BCUT2D eigenvalue weighted by molar-refractivity contribution is 9.10. The first-order valence-electron chi connectivity index (χ1n) is 6.45. The molecule has 1 fully saturated rings. The average molecular weight is 297 g/mol. The van der Waals surface area contributed by atoms with Crippen molar-refractivity contribution in [3.63, 3.8) is 0 Å². The van der Waals surface area contributed by atoms with Crippen LogP contribution in [0, 0.1) is 5.92 Å². The first kappa shape index (κ1) is 13.1. The van der Waals surface area contributed by atoms with E-state index in [-0.39, 0.29) is 0 Å². The van der Waals surface area contributed by atoms with E-state index in [0.29, 0.717) is 0 Å². The maximum atomic E-state index is 5.62. The lowest BCUT2D eigenvalue weighted by molar-refractivity contribution is 0.173. The number of nitrogens with zero attached hydrogens (tertiary/aromatic N) is 1. The second kappa shape index (κ2) is 6.53. The SMILES string of the molecule is NCCC1CCN(Cc2cccc(Br)c2)CC1. The van der Waals surface area contributed by atoms with Crippen LogP contribution in [-0.2, 0) is 6.54 Å². The van der Waals surface area contributed by atoms with E-state index in [2.05, 4.69) is 45.1 Å². The molecule has 2 rings (SSSR count). The Morgan fingerprint density at radius 3 is 2.71 bits per heavy atom. The smallest absolute Gasteiger partial charge is 0.0234 e. The number of nitrogens with two attached hydrogens (primary N) is 1. The summed E-state index contributed by atoms with van der Waals surface area (Å²) < 4.78 is 1.17. The standard InChI is InChI=1S/C14H21BrN2/c15-14-3-1-2-13(10-14)11-17-8-5-12(4-7-16)6-9-17/h1-3,10,12H,4-9,11,16H2. The van der Waals surface area contributed by atoms with Crippen molar-refractivity contribution in [3.05, 3.63) is 34.3 Å². The van der Waals surface area contributed by atoms with Crippen molar-refractivity contribution in [2.24, 2.45) is 11.7 Å². The van der Waals surface area contributed by atoms with Crippen LogP contribution in [0.25, 0.3) is 0 Å². The Kier molecular flexibility index (Phi) is 5.01. The van der Waals surface area contributed by atoms with Crippen LogP contribution in [0.1, 0.15) is 24.8 Å². The predicted molar refractivity (Wildman–Crippen MR) is 75.8 cm³/mol. The summed E-state index contributed by atoms with van der Waals surface area (Å²) in [7, 11) is 0. The summed E-state index contributed by atoms with van der Waals surface area (Å²) in [5.41, 5.74) is 7.02. The Bertz CT molecular complexity index is 346. The van der Waals surface area contributed by atoms with Crippen molar-refractivity contribution in [1.82, 2.24) is 4.90 Å². The number of piperidine rings is 1. The zero-order valence-electron chi connectivity index (χ0n) is 10.2. The molecule has 0 amide bonds. The fraction of sp³-hybridized carbons (Fsp3) is 0.571. The van der Waals surface area contributed by atoms with Gasteiger partial charge in [0.2, 0.25) is 0 Å². The molecular formula is C14H21BrN2. The second-order valence-corrected chi connectivity index (χ2v) is 5.84. The molecule has 1 saturated heterocycles. The molecule has 0 aromatic heterocycles. The topological polar surface area (TPSA) is 29.3 Å². The molecular weight excluding hydrogens is 276 g/mol. The minimum atomic E-state index is 0.844. The quantitative estimate of drug-likeness (QED) is 0.925. The molecule has 0 atom stereocenters. The van der Waals surface area contributed by atoms with E-state index in [1.165, 1.54) is 42.4 Å². The van der Waals surface area contributed by atoms with Crippen LogP contribution in [0.2, 0.25) is 0 Å². The molecule has 0 saturated carbocycles. The molecule has 1 aliphatic rings. The van der Waals surface area contributed by atoms with Crippen LogP contribution >= 0.6 is 15.9 Å². The van der Waals surface area contributed by atoms with Gasteiger partial charge in [0.05, 0.1) is 0 Å². The predicted octanol–water partition coefficient (Wildman–Crippen LogP) is 3.01. The van der Waals surface area contributed by atoms with Crippen LogP contribution in [0.15, 0.2) is 28.7 Å². The molecule has 17 heavy (non-hydrogen) atoms. The summed E-state index contributed by atoms with van der Waals surface area (Å²) in [6, 6.07) is 8.61. The molecule has 0 unspecified atom stereocenters. The summed E-state index contributed by atoms with van der Waals surface area (Å²) >= 11 is 3.52. The van der Waals surface area contributed by atoms with Crippen molar-refractivity contribution in [1.29, 1.82) is 0 Å². The molecule has 2 nitrogen and oxygen atoms in total. The molecule has 0 aliphatic carbocycles. The lowest BCUT2D eigenvalue weighted by Crippen LogP contribution is -2.33. The number of hydrogen-bond donors (Lipinski definition) is 1. The van der Waals surface area contributed by atoms with E-state index >= 15 is 0 Å². The zero-order valence-corrected chi connectivity index (χ0v) is 11.8. The Hall–Kier alpha value is -0.380. The first-order chi connectivity index (χ1) is 8.28. The number of hydrogen-bond acceptors (Lipinski definition) is 2. The molecule has 3 heteroatoms. The monoisotopic (exact) mass is 296 g/mol. The van der Waals surface area contributed by atoms with Gasteiger partial charge in [-0.15, -0.1) is 0 Å². The molecule has 1 heterocycles. The Morgan fingerprint density at radius 2 is 2.06 bits per heavy atom. The van der Waals surface area contributed by atoms with Crippen LogP contribution in [-0.4, -0.2) is 24.5 Å². The van der Waals surface area contributed by atoms with Crippen molar-refractivity contribution in [2.75, 3.05) is 19.6 Å². The zero-order chi connectivity index (χ0) is 12.1. The lowest BCUT2D eigenvalue weighted by Gasteiger charge is -2.31. The maximum Gasteiger partial charge on any atom is 0.0234 e. The number of benzene rings is 1. The largest absolute Gasteiger partial charge is 0.330 e. The van der Waals surface area contributed by atoms with Gasteiger partial charge in [-0.3, -0.25) is 4.90 Å². The number of halogens is 1. The van der Waals surface area contributed by atoms with Gasteiger partial charge in [-0.25, -0.2) is 0 Å². The van der Waals surface area contributed by atoms with E-state index in [0.717, 1.165) is 19.0 Å². The van der Waals surface area contributed by atoms with E-state index < -0.39 is 0 Å². The van der Waals surface area contributed by atoms with Gasteiger partial charge in [-0.05, 0) is 62.5 Å². The average Bonchev–Trinajstić information content (AvgIpc) is 2.32. The normalized spacial score (nSPS) is 18.5. The summed E-state index contributed by atoms with van der Waals surface area (Å²) in [6.07, 6.45) is 3.82. The van der Waals surface area contributed by atoms with Gasteiger partial charge in [0, 0.05) is 11.0 Å². The number of likely N-dealkylation sites (tertiary alicyclic amines) is 1. The van der Waals surface area contributed by atoms with Crippen molar-refractivity contribution in [2.45, 2.75) is 25.8 Å². The molecule has 0 bridgehead atoms. The Morgan fingerprint density at radius 1 is 1.29 bits per heavy atom. The van der Waals surface area contributed by atoms with E-state index in [4.69, 9.17) is 5.73 Å². The minimum Gasteiger partial charge on any atom is -0.330 e. The van der Waals surface area contributed by atoms with E-state index in [9.17, 15) is 0 Å². The van der Waals surface area contributed by atoms with Crippen LogP contribution < -0.4 is 5.73 Å². The van der Waals surface area contributed by atoms with Gasteiger partial charge in [-0.2, -0.15) is 0 Å². The Labute approximate surface area is 112 Å². The molecule has 1 aromatic rings. The summed E-state index contributed by atoms with van der Waals surface area (Å²) in [5.74, 6) is 0.860. The fourth-order valence-corrected chi connectivity index (χ4v) is 3.01. The maximum absolute atomic E-state index is 5.62. The third-order valence-electron chi connectivity index (χ3n) is 3.58. The highest BCUT2D eigenvalue weighted by Gasteiger charge is 2.18. The molecule has 0 spiro atoms. The van der Waals surface area contributed by atoms with Gasteiger partial charge in [0.1, 0.15) is 0 Å². The third-order valence-corrected chi connectivity index (χ3v) is 4.07. The van der Waals surface area contributed by atoms with Gasteiger partial charge in [-0.1, -0.05) is 28.1 Å². The fourth-order valence-electron chi connectivity index (χ4n) is 2.56. The number of rotatable bonds is 4. The molecule has 2 N–H and O–H groups in total. The molecule has 1 aromatic carbocycles. The highest BCUT2D eigenvalue weighted by Crippen LogP contribution is 2.22. The second-order valence-electron chi connectivity index (χ2n) is 4.93. The van der Waals surface area contributed by atoms with Crippen LogP contribution in [0.4, 0.5) is 0 Å². The van der Waals surface area contributed by atoms with Gasteiger partial charge in [0.25, 0.3) is 0 Å². The summed E-state index contributed by atoms with van der Waals surface area (Å²) in [5, 5.41) is 0. The van der Waals surface area contributed by atoms with Gasteiger partial charge >= 0.3 is 0 Å². The minimum absolute atomic E-state index is 0.844. The Balaban J connectivity index is 1.82. The summed E-state index contributed by atoms with van der Waals surface area (Å²) in [4.78, 5) is 2.55. The summed E-state index contributed by atoms with van der Waals surface area (Å²) in [6.45, 7) is 4.36. The molecule has 1 aliphatic heterocycles. The third kappa shape index (κ3) is 4.09. The highest BCUT2D eigenvalue weighted by atomic mass is 79.9. The molecule has 94 valence electrons. The lowest BCUT2D eigenvalue weighted by atomic mass is 9.93. The van der Waals surface area contributed by atoms with Crippen LogP contribution in [0.3, 0.4) is 0 Å². The van der Waals surface area contributed by atoms with E-state index in [1.807, 2.05) is 0 Å². The first-order valence-corrected chi connectivity index (χ1v) is 7.24. The van der Waals surface area contributed by atoms with Crippen LogP contribution in [0.5, 0.6) is 0 Å². The van der Waals surface area contributed by atoms with Gasteiger partial charge < -0.3 is 5.73 Å². The van der Waals surface area contributed by atoms with Crippen molar-refractivity contribution < 1.29 is 0 Å². The van der Waals surface area contributed by atoms with Crippen molar-refractivity contribution >= 4 is 15.9 Å². The van der Waals surface area contributed by atoms with Gasteiger partial charge in [0.15, 0.2) is 0 Å².